The van der Waals surface area contributed by atoms with E-state index in [1.54, 1.807) is 6.92 Å². The summed E-state index contributed by atoms with van der Waals surface area (Å²) in [5.41, 5.74) is 3.43. The maximum atomic E-state index is 13.3. The molecule has 0 bridgehead atoms. The first-order valence-electron chi connectivity index (χ1n) is 11.0. The maximum Gasteiger partial charge on any atom is 0.268 e. The molecule has 1 saturated carbocycles. The summed E-state index contributed by atoms with van der Waals surface area (Å²) in [5, 5.41) is 12.8. The number of hydrogen-bond acceptors (Lipinski definition) is 5. The van der Waals surface area contributed by atoms with Gasteiger partial charge in [-0.15, -0.1) is 10.2 Å². The lowest BCUT2D eigenvalue weighted by Crippen LogP contribution is -2.43. The highest BCUT2D eigenvalue weighted by atomic mass is 16.4. The van der Waals surface area contributed by atoms with Crippen LogP contribution in [0.5, 0.6) is 0 Å². The van der Waals surface area contributed by atoms with Crippen LogP contribution in [0.1, 0.15) is 73.3 Å². The van der Waals surface area contributed by atoms with Gasteiger partial charge >= 0.3 is 0 Å². The van der Waals surface area contributed by atoms with Crippen LogP contribution >= 0.6 is 0 Å². The van der Waals surface area contributed by atoms with E-state index in [2.05, 4.69) is 22.0 Å². The quantitative estimate of drug-likeness (QED) is 0.624. The minimum absolute atomic E-state index is 0.122. The molecule has 2 aliphatic rings. The van der Waals surface area contributed by atoms with Crippen molar-refractivity contribution in [3.63, 3.8) is 0 Å². The Labute approximate surface area is 176 Å². The third-order valence-corrected chi connectivity index (χ3v) is 6.17. The topological polar surface area (TPSA) is 77.1 Å². The Morgan fingerprint density at radius 3 is 2.77 bits per heavy atom. The second kappa shape index (κ2) is 7.70. The molecule has 1 saturated heterocycles. The van der Waals surface area contributed by atoms with E-state index in [0.717, 1.165) is 55.6 Å². The lowest BCUT2D eigenvalue weighted by atomic mass is 9.99. The van der Waals surface area contributed by atoms with Crippen LogP contribution in [0.4, 0.5) is 0 Å². The number of aryl methyl sites for hydroxylation is 1. The Kier molecular flexibility index (Phi) is 4.89. The molecule has 0 N–H and O–H groups in total. The molecule has 1 aliphatic carbocycles. The van der Waals surface area contributed by atoms with Gasteiger partial charge in [0.25, 0.3) is 11.8 Å². The van der Waals surface area contributed by atoms with Crippen LogP contribution in [0.2, 0.25) is 0 Å². The molecular weight excluding hydrogens is 378 g/mol. The second-order valence-corrected chi connectivity index (χ2v) is 8.37. The summed E-state index contributed by atoms with van der Waals surface area (Å²) in [6, 6.07) is 10.2. The Balaban J connectivity index is 1.49. The number of rotatable bonds is 5. The van der Waals surface area contributed by atoms with Crippen molar-refractivity contribution in [1.82, 2.24) is 24.9 Å². The van der Waals surface area contributed by atoms with Gasteiger partial charge in [-0.2, -0.15) is 5.10 Å². The lowest BCUT2D eigenvalue weighted by Gasteiger charge is -2.35. The fraction of sp³-hybridized carbons (Fsp3) is 0.478. The molecule has 1 amide bonds. The molecule has 7 heteroatoms. The van der Waals surface area contributed by atoms with Gasteiger partial charge in [-0.05, 0) is 62.8 Å². The lowest BCUT2D eigenvalue weighted by molar-refractivity contribution is 0.0608. The Morgan fingerprint density at radius 2 is 2.03 bits per heavy atom. The minimum Gasteiger partial charge on any atom is -0.420 e. The summed E-state index contributed by atoms with van der Waals surface area (Å²) < 4.78 is 7.52. The van der Waals surface area contributed by atoms with Crippen molar-refractivity contribution in [2.45, 2.75) is 64.3 Å². The highest BCUT2D eigenvalue weighted by molar-refractivity contribution is 5.95. The summed E-state index contributed by atoms with van der Waals surface area (Å²) in [5.74, 6) is 1.56. The third-order valence-electron chi connectivity index (χ3n) is 6.17. The van der Waals surface area contributed by atoms with Gasteiger partial charge in [-0.1, -0.05) is 13.0 Å². The number of amides is 1. The first-order valence-corrected chi connectivity index (χ1v) is 11.0. The van der Waals surface area contributed by atoms with E-state index in [4.69, 9.17) is 9.52 Å². The number of nitrogens with zero attached hydrogens (tertiary/aromatic N) is 5. The largest absolute Gasteiger partial charge is 0.420 e. The van der Waals surface area contributed by atoms with E-state index in [1.165, 1.54) is 6.42 Å². The number of carbonyl (C=O) groups excluding carboxylic acids is 1. The van der Waals surface area contributed by atoms with Gasteiger partial charge in [0, 0.05) is 36.7 Å². The van der Waals surface area contributed by atoms with Crippen LogP contribution in [0.25, 0.3) is 17.3 Å². The normalized spacial score (nSPS) is 19.3. The van der Waals surface area contributed by atoms with Crippen molar-refractivity contribution in [3.05, 3.63) is 47.5 Å². The number of benzene rings is 1. The molecule has 2 fully saturated rings. The summed E-state index contributed by atoms with van der Waals surface area (Å²) in [7, 11) is 0. The zero-order valence-corrected chi connectivity index (χ0v) is 17.5. The Morgan fingerprint density at radius 1 is 1.17 bits per heavy atom. The van der Waals surface area contributed by atoms with Crippen LogP contribution in [0.3, 0.4) is 0 Å². The van der Waals surface area contributed by atoms with Crippen LogP contribution < -0.4 is 0 Å². The van der Waals surface area contributed by atoms with E-state index in [-0.39, 0.29) is 5.91 Å². The minimum atomic E-state index is 0.122. The number of aromatic nitrogens is 4. The van der Waals surface area contributed by atoms with Gasteiger partial charge in [-0.25, -0.2) is 4.68 Å². The summed E-state index contributed by atoms with van der Waals surface area (Å²) in [6.07, 6.45) is 6.69. The van der Waals surface area contributed by atoms with Crippen molar-refractivity contribution < 1.29 is 9.21 Å². The van der Waals surface area contributed by atoms with Crippen molar-refractivity contribution in [2.75, 3.05) is 6.54 Å². The number of likely N-dealkylation sites (tertiary alicyclic amines) is 1. The second-order valence-electron chi connectivity index (χ2n) is 8.37. The first-order chi connectivity index (χ1) is 14.6. The number of piperidine rings is 1. The van der Waals surface area contributed by atoms with Crippen LogP contribution in [-0.2, 0) is 0 Å². The van der Waals surface area contributed by atoms with E-state index < -0.39 is 0 Å². The SMILES string of the molecule is CC[C@@H]1CCCCN1C(=O)c1cccc(-n2nc(-c3nnc(C)o3)cc2C2CC2)c1. The van der Waals surface area contributed by atoms with Crippen LogP contribution in [-0.4, -0.2) is 43.4 Å². The van der Waals surface area contributed by atoms with Crippen molar-refractivity contribution in [1.29, 1.82) is 0 Å². The average Bonchev–Trinajstić information content (AvgIpc) is 3.38. The molecule has 0 unspecified atom stereocenters. The molecule has 5 rings (SSSR count). The van der Waals surface area contributed by atoms with Gasteiger partial charge < -0.3 is 9.32 Å². The number of carbonyl (C=O) groups is 1. The third kappa shape index (κ3) is 3.53. The van der Waals surface area contributed by atoms with Crippen molar-refractivity contribution >= 4 is 5.91 Å². The molecule has 30 heavy (non-hydrogen) atoms. The standard InChI is InChI=1S/C23H27N5O2/c1-3-18-8-4-5-12-27(18)23(29)17-7-6-9-19(13-17)28-21(16-10-11-16)14-20(26-28)22-25-24-15(2)30-22/h6-7,9,13-14,16,18H,3-5,8,10-12H2,1-2H3/t18-/m1/s1. The van der Waals surface area contributed by atoms with E-state index in [1.807, 2.05) is 35.0 Å². The fourth-order valence-corrected chi connectivity index (χ4v) is 4.41. The zero-order valence-electron chi connectivity index (χ0n) is 17.5. The molecule has 7 nitrogen and oxygen atoms in total. The highest BCUT2D eigenvalue weighted by Crippen LogP contribution is 2.42. The van der Waals surface area contributed by atoms with E-state index >= 15 is 0 Å². The van der Waals surface area contributed by atoms with Crippen molar-refractivity contribution in [2.24, 2.45) is 0 Å². The fourth-order valence-electron chi connectivity index (χ4n) is 4.41. The summed E-state index contributed by atoms with van der Waals surface area (Å²) in [6.45, 7) is 4.78. The van der Waals surface area contributed by atoms with Crippen molar-refractivity contribution in [3.8, 4) is 17.3 Å². The van der Waals surface area contributed by atoms with Crippen LogP contribution in [0, 0.1) is 6.92 Å². The molecule has 1 aromatic carbocycles. The molecule has 156 valence electrons. The number of hydrogen-bond donors (Lipinski definition) is 0. The Bertz CT molecular complexity index is 1070. The molecule has 0 spiro atoms. The van der Waals surface area contributed by atoms with Gasteiger partial charge in [0.15, 0.2) is 0 Å². The summed E-state index contributed by atoms with van der Waals surface area (Å²) in [4.78, 5) is 15.3. The molecule has 2 aromatic heterocycles. The van der Waals surface area contributed by atoms with E-state index in [9.17, 15) is 4.79 Å². The maximum absolute atomic E-state index is 13.3. The molecular formula is C23H27N5O2. The van der Waals surface area contributed by atoms with Crippen LogP contribution in [0.15, 0.2) is 34.7 Å². The molecule has 1 aliphatic heterocycles. The molecule has 0 radical (unpaired) electrons. The smallest absolute Gasteiger partial charge is 0.268 e. The van der Waals surface area contributed by atoms with Gasteiger partial charge in [0.2, 0.25) is 5.89 Å². The Hall–Kier alpha value is -2.96. The van der Waals surface area contributed by atoms with Gasteiger partial charge in [-0.3, -0.25) is 4.79 Å². The predicted octanol–water partition coefficient (Wildman–Crippen LogP) is 4.51. The summed E-state index contributed by atoms with van der Waals surface area (Å²) >= 11 is 0. The first kappa shape index (κ1) is 19.0. The monoisotopic (exact) mass is 405 g/mol. The molecule has 1 atom stereocenters. The predicted molar refractivity (Wildman–Crippen MR) is 113 cm³/mol. The average molecular weight is 406 g/mol. The molecule has 3 heterocycles. The van der Waals surface area contributed by atoms with Gasteiger partial charge in [0.1, 0.15) is 5.69 Å². The van der Waals surface area contributed by atoms with E-state index in [0.29, 0.717) is 29.4 Å². The van der Waals surface area contributed by atoms with Gasteiger partial charge in [0.05, 0.1) is 5.69 Å². The molecule has 3 aromatic rings. The highest BCUT2D eigenvalue weighted by Gasteiger charge is 2.30. The zero-order chi connectivity index (χ0) is 20.7.